The predicted octanol–water partition coefficient (Wildman–Crippen LogP) is 3.30. The second-order valence-corrected chi connectivity index (χ2v) is 8.91. The largest absolute Gasteiger partial charge is 0.349 e. The lowest BCUT2D eigenvalue weighted by Gasteiger charge is -2.35. The molecule has 32 heavy (non-hydrogen) atoms. The number of rotatable bonds is 7. The summed E-state index contributed by atoms with van der Waals surface area (Å²) in [5.74, 6) is -0.293. The summed E-state index contributed by atoms with van der Waals surface area (Å²) in [6.07, 6.45) is 5.04. The molecule has 1 aliphatic heterocycles. The summed E-state index contributed by atoms with van der Waals surface area (Å²) < 4.78 is 0. The average molecular weight is 457 g/mol. The summed E-state index contributed by atoms with van der Waals surface area (Å²) in [6.45, 7) is 5.11. The minimum absolute atomic E-state index is 0.000960. The fraction of sp³-hybridized carbons (Fsp3) is 0.417. The van der Waals surface area contributed by atoms with E-state index in [4.69, 9.17) is 11.6 Å². The first-order chi connectivity index (χ1) is 15.3. The van der Waals surface area contributed by atoms with Crippen LogP contribution in [0.3, 0.4) is 0 Å². The van der Waals surface area contributed by atoms with Crippen LogP contribution in [0.25, 0.3) is 0 Å². The summed E-state index contributed by atoms with van der Waals surface area (Å²) in [5, 5.41) is 6.46. The molecular formula is C24H29ClN4O3. The van der Waals surface area contributed by atoms with Crippen molar-refractivity contribution in [2.75, 3.05) is 13.1 Å². The van der Waals surface area contributed by atoms with Gasteiger partial charge in [-0.25, -0.2) is 0 Å². The number of hydrogen-bond donors (Lipinski definition) is 2. The highest BCUT2D eigenvalue weighted by molar-refractivity contribution is 6.30. The third-order valence-electron chi connectivity index (χ3n) is 5.48. The minimum Gasteiger partial charge on any atom is -0.349 e. The molecule has 0 aliphatic carbocycles. The normalized spacial score (nSPS) is 15.3. The highest BCUT2D eigenvalue weighted by Gasteiger charge is 2.30. The molecule has 1 atom stereocenters. The maximum atomic E-state index is 13.2. The topological polar surface area (TPSA) is 91.4 Å². The Hall–Kier alpha value is -2.93. The highest BCUT2D eigenvalue weighted by Crippen LogP contribution is 2.16. The van der Waals surface area contributed by atoms with Gasteiger partial charge >= 0.3 is 0 Å². The van der Waals surface area contributed by atoms with Crippen molar-refractivity contribution in [3.63, 3.8) is 0 Å². The third-order valence-corrected chi connectivity index (χ3v) is 5.73. The van der Waals surface area contributed by atoms with Crippen molar-refractivity contribution < 1.29 is 14.4 Å². The van der Waals surface area contributed by atoms with Crippen LogP contribution < -0.4 is 10.6 Å². The first-order valence-electron chi connectivity index (χ1n) is 10.9. The Morgan fingerprint density at radius 2 is 1.75 bits per heavy atom. The Labute approximate surface area is 193 Å². The number of pyridine rings is 1. The van der Waals surface area contributed by atoms with Gasteiger partial charge in [-0.1, -0.05) is 25.4 Å². The SMILES string of the molecule is CC(C)CC(NC(=O)c1ccc(Cl)cc1)C(=O)N1CCC(NC(=O)c2cccnc2)CC1. The molecule has 1 aliphatic rings. The first kappa shape index (κ1) is 23.7. The maximum absolute atomic E-state index is 13.2. The van der Waals surface area contributed by atoms with Crippen LogP contribution in [0, 0.1) is 5.92 Å². The molecule has 1 unspecified atom stereocenters. The van der Waals surface area contributed by atoms with Crippen molar-refractivity contribution in [2.24, 2.45) is 5.92 Å². The Morgan fingerprint density at radius 1 is 1.06 bits per heavy atom. The van der Waals surface area contributed by atoms with Gasteiger partial charge in [0.1, 0.15) is 6.04 Å². The summed E-state index contributed by atoms with van der Waals surface area (Å²) in [4.78, 5) is 44.0. The Balaban J connectivity index is 1.57. The summed E-state index contributed by atoms with van der Waals surface area (Å²) in [6, 6.07) is 9.44. The Kier molecular flexibility index (Phi) is 8.22. The van der Waals surface area contributed by atoms with Crippen molar-refractivity contribution in [1.82, 2.24) is 20.5 Å². The number of benzene rings is 1. The Bertz CT molecular complexity index is 926. The van der Waals surface area contributed by atoms with E-state index in [0.29, 0.717) is 48.5 Å². The molecule has 2 aromatic rings. The lowest BCUT2D eigenvalue weighted by atomic mass is 9.99. The second kappa shape index (κ2) is 11.1. The van der Waals surface area contributed by atoms with E-state index in [9.17, 15) is 14.4 Å². The molecule has 1 aromatic heterocycles. The molecule has 1 saturated heterocycles. The van der Waals surface area contributed by atoms with Crippen LogP contribution in [-0.2, 0) is 4.79 Å². The highest BCUT2D eigenvalue weighted by atomic mass is 35.5. The van der Waals surface area contributed by atoms with E-state index in [1.165, 1.54) is 6.20 Å². The number of likely N-dealkylation sites (tertiary alicyclic amines) is 1. The smallest absolute Gasteiger partial charge is 0.253 e. The molecule has 170 valence electrons. The molecule has 7 nitrogen and oxygen atoms in total. The number of nitrogens with zero attached hydrogens (tertiary/aromatic N) is 2. The van der Waals surface area contributed by atoms with E-state index in [1.54, 1.807) is 47.5 Å². The molecule has 2 heterocycles. The van der Waals surface area contributed by atoms with Crippen LogP contribution in [0.5, 0.6) is 0 Å². The van der Waals surface area contributed by atoms with Crippen molar-refractivity contribution in [1.29, 1.82) is 0 Å². The number of amides is 3. The van der Waals surface area contributed by atoms with Gasteiger partial charge in [0.05, 0.1) is 5.56 Å². The lowest BCUT2D eigenvalue weighted by molar-refractivity contribution is -0.134. The van der Waals surface area contributed by atoms with E-state index < -0.39 is 6.04 Å². The molecule has 0 bridgehead atoms. The molecule has 0 spiro atoms. The number of piperidine rings is 1. The second-order valence-electron chi connectivity index (χ2n) is 8.48. The monoisotopic (exact) mass is 456 g/mol. The van der Waals surface area contributed by atoms with Gasteiger partial charge in [-0.3, -0.25) is 19.4 Å². The van der Waals surface area contributed by atoms with Gasteiger partial charge in [0.25, 0.3) is 11.8 Å². The third kappa shape index (κ3) is 6.53. The molecule has 1 aromatic carbocycles. The van der Waals surface area contributed by atoms with Gasteiger partial charge in [0, 0.05) is 42.1 Å². The van der Waals surface area contributed by atoms with Gasteiger partial charge in [-0.15, -0.1) is 0 Å². The van der Waals surface area contributed by atoms with Gasteiger partial charge in [-0.05, 0) is 61.6 Å². The molecular weight excluding hydrogens is 428 g/mol. The van der Waals surface area contributed by atoms with E-state index in [1.807, 2.05) is 13.8 Å². The maximum Gasteiger partial charge on any atom is 0.253 e. The molecule has 1 fully saturated rings. The lowest BCUT2D eigenvalue weighted by Crippen LogP contribution is -2.53. The van der Waals surface area contributed by atoms with E-state index in [-0.39, 0.29) is 29.7 Å². The van der Waals surface area contributed by atoms with Gasteiger partial charge in [0.2, 0.25) is 5.91 Å². The first-order valence-corrected chi connectivity index (χ1v) is 11.3. The number of carbonyl (C=O) groups is 3. The number of halogens is 1. The van der Waals surface area contributed by atoms with Crippen LogP contribution in [0.1, 0.15) is 53.8 Å². The van der Waals surface area contributed by atoms with Crippen LogP contribution in [0.2, 0.25) is 5.02 Å². The molecule has 8 heteroatoms. The molecule has 2 N–H and O–H groups in total. The molecule has 0 saturated carbocycles. The van der Waals surface area contributed by atoms with E-state index in [2.05, 4.69) is 15.6 Å². The van der Waals surface area contributed by atoms with Crippen LogP contribution in [0.4, 0.5) is 0 Å². The zero-order valence-corrected chi connectivity index (χ0v) is 19.1. The van der Waals surface area contributed by atoms with Crippen LogP contribution >= 0.6 is 11.6 Å². The Morgan fingerprint density at radius 3 is 2.34 bits per heavy atom. The standard InChI is InChI=1S/C24H29ClN4O3/c1-16(2)14-21(28-22(30)17-5-7-19(25)8-6-17)24(32)29-12-9-20(10-13-29)27-23(31)18-4-3-11-26-15-18/h3-8,11,15-16,20-21H,9-10,12-14H2,1-2H3,(H,27,31)(H,28,30). The summed E-state index contributed by atoms with van der Waals surface area (Å²) >= 11 is 5.90. The fourth-order valence-corrected chi connectivity index (χ4v) is 3.89. The summed E-state index contributed by atoms with van der Waals surface area (Å²) in [7, 11) is 0. The fourth-order valence-electron chi connectivity index (χ4n) is 3.77. The molecule has 3 rings (SSSR count). The van der Waals surface area contributed by atoms with Crippen molar-refractivity contribution >= 4 is 29.3 Å². The zero-order valence-electron chi connectivity index (χ0n) is 18.4. The molecule has 3 amide bonds. The summed E-state index contributed by atoms with van der Waals surface area (Å²) in [5.41, 5.74) is 0.987. The van der Waals surface area contributed by atoms with Crippen molar-refractivity contribution in [3.8, 4) is 0 Å². The van der Waals surface area contributed by atoms with Crippen molar-refractivity contribution in [3.05, 3.63) is 64.9 Å². The van der Waals surface area contributed by atoms with E-state index >= 15 is 0 Å². The predicted molar refractivity (Wildman–Crippen MR) is 123 cm³/mol. The zero-order chi connectivity index (χ0) is 23.1. The number of carbonyl (C=O) groups excluding carboxylic acids is 3. The minimum atomic E-state index is -0.597. The quantitative estimate of drug-likeness (QED) is 0.668. The van der Waals surface area contributed by atoms with Crippen LogP contribution in [0.15, 0.2) is 48.8 Å². The number of hydrogen-bond acceptors (Lipinski definition) is 4. The van der Waals surface area contributed by atoms with E-state index in [0.717, 1.165) is 0 Å². The van der Waals surface area contributed by atoms with Crippen LogP contribution in [-0.4, -0.2) is 52.8 Å². The van der Waals surface area contributed by atoms with Crippen molar-refractivity contribution in [2.45, 2.75) is 45.2 Å². The number of aromatic nitrogens is 1. The number of nitrogens with one attached hydrogen (secondary N) is 2. The average Bonchev–Trinajstić information content (AvgIpc) is 2.79. The van der Waals surface area contributed by atoms with Gasteiger partial charge in [-0.2, -0.15) is 0 Å². The van der Waals surface area contributed by atoms with Gasteiger partial charge in [0.15, 0.2) is 0 Å². The molecule has 0 radical (unpaired) electrons. The van der Waals surface area contributed by atoms with Gasteiger partial charge < -0.3 is 15.5 Å².